The molecule has 1 atom stereocenters. The molecule has 0 aliphatic carbocycles. The van der Waals surface area contributed by atoms with Gasteiger partial charge in [0.2, 0.25) is 12.7 Å². The van der Waals surface area contributed by atoms with Crippen molar-refractivity contribution < 1.29 is 19.0 Å². The lowest BCUT2D eigenvalue weighted by atomic mass is 10.0. The highest BCUT2D eigenvalue weighted by molar-refractivity contribution is 8.00. The predicted molar refractivity (Wildman–Crippen MR) is 135 cm³/mol. The lowest BCUT2D eigenvalue weighted by molar-refractivity contribution is -0.115. The predicted octanol–water partition coefficient (Wildman–Crippen LogP) is 5.19. The second kappa shape index (κ2) is 9.87. The molecule has 1 N–H and O–H groups in total. The van der Waals surface area contributed by atoms with E-state index in [-0.39, 0.29) is 18.0 Å². The van der Waals surface area contributed by atoms with Gasteiger partial charge in [-0.1, -0.05) is 42.1 Å². The van der Waals surface area contributed by atoms with E-state index in [1.54, 1.807) is 18.2 Å². The Balaban J connectivity index is 1.24. The molecule has 4 aromatic rings. The lowest BCUT2D eigenvalue weighted by Gasteiger charge is -2.14. The number of carbonyl (C=O) groups is 1. The van der Waals surface area contributed by atoms with Gasteiger partial charge in [-0.15, -0.1) is 10.2 Å². The largest absolute Gasteiger partial charge is 0.485 e. The molecule has 0 saturated carbocycles. The van der Waals surface area contributed by atoms with Gasteiger partial charge in [-0.25, -0.2) is 0 Å². The Morgan fingerprint density at radius 3 is 2.83 bits per heavy atom. The van der Waals surface area contributed by atoms with Crippen molar-refractivity contribution in [3.8, 4) is 17.2 Å². The van der Waals surface area contributed by atoms with Gasteiger partial charge >= 0.3 is 0 Å². The van der Waals surface area contributed by atoms with Crippen LogP contribution in [-0.2, 0) is 17.9 Å². The van der Waals surface area contributed by atoms with E-state index in [0.29, 0.717) is 41.3 Å². The third-order valence-corrected chi connectivity index (χ3v) is 6.99. The van der Waals surface area contributed by atoms with Crippen molar-refractivity contribution in [1.29, 1.82) is 0 Å². The molecule has 0 bridgehead atoms. The van der Waals surface area contributed by atoms with E-state index < -0.39 is 0 Å². The van der Waals surface area contributed by atoms with E-state index in [4.69, 9.17) is 14.2 Å². The van der Waals surface area contributed by atoms with E-state index >= 15 is 0 Å². The summed E-state index contributed by atoms with van der Waals surface area (Å²) in [6.45, 7) is 7.08. The molecule has 8 nitrogen and oxygen atoms in total. The van der Waals surface area contributed by atoms with Gasteiger partial charge < -0.3 is 24.1 Å². The molecule has 0 saturated heterocycles. The van der Waals surface area contributed by atoms with Crippen LogP contribution >= 0.6 is 11.8 Å². The molecule has 1 aromatic heterocycles. The van der Waals surface area contributed by atoms with Crippen molar-refractivity contribution in [2.75, 3.05) is 12.1 Å². The van der Waals surface area contributed by atoms with Crippen molar-refractivity contribution in [2.24, 2.45) is 0 Å². The molecular weight excluding hydrogens is 464 g/mol. The number of nitrogens with one attached hydrogen (secondary N) is 1. The van der Waals surface area contributed by atoms with Crippen molar-refractivity contribution in [1.82, 2.24) is 14.8 Å². The first-order chi connectivity index (χ1) is 17.0. The zero-order valence-electron chi connectivity index (χ0n) is 19.8. The topological polar surface area (TPSA) is 87.5 Å². The van der Waals surface area contributed by atoms with E-state index in [2.05, 4.69) is 40.6 Å². The smallest absolute Gasteiger partial charge is 0.237 e. The molecule has 1 aliphatic rings. The number of rotatable bonds is 8. The Morgan fingerprint density at radius 1 is 1.14 bits per heavy atom. The highest BCUT2D eigenvalue weighted by atomic mass is 32.2. The normalized spacial score (nSPS) is 13.1. The van der Waals surface area contributed by atoms with Crippen LogP contribution in [0, 0.1) is 6.92 Å². The van der Waals surface area contributed by atoms with Crippen molar-refractivity contribution in [3.63, 3.8) is 0 Å². The molecule has 2 heterocycles. The molecule has 1 amide bonds. The van der Waals surface area contributed by atoms with Crippen LogP contribution in [0.15, 0.2) is 59.8 Å². The summed E-state index contributed by atoms with van der Waals surface area (Å²) in [5, 5.41) is 14.2. The number of aromatic nitrogens is 3. The summed E-state index contributed by atoms with van der Waals surface area (Å²) in [4.78, 5) is 12.8. The number of aryl methyl sites for hydroxylation is 1. The van der Waals surface area contributed by atoms with Crippen LogP contribution in [0.4, 0.5) is 5.69 Å². The average molecular weight is 491 g/mol. The standard InChI is InChI=1S/C26H26N4O4S/c1-4-30-24(14-32-21-11-9-18-7-5-6-8-20(18)16(21)2)28-29-26(30)35-17(3)25(31)27-19-10-12-22-23(13-19)34-15-33-22/h5-13,17H,4,14-15H2,1-3H3,(H,27,31)/t17-/m0/s1. The summed E-state index contributed by atoms with van der Waals surface area (Å²) in [7, 11) is 0. The number of ether oxygens (including phenoxy) is 3. The van der Waals surface area contributed by atoms with Gasteiger partial charge in [0.05, 0.1) is 5.25 Å². The van der Waals surface area contributed by atoms with Crippen LogP contribution in [0.2, 0.25) is 0 Å². The summed E-state index contributed by atoms with van der Waals surface area (Å²) in [5.41, 5.74) is 1.75. The minimum absolute atomic E-state index is 0.135. The number of anilines is 1. The zero-order valence-corrected chi connectivity index (χ0v) is 20.6. The fourth-order valence-corrected chi connectivity index (χ4v) is 4.90. The van der Waals surface area contributed by atoms with Gasteiger partial charge in [-0.05, 0) is 55.3 Å². The molecule has 0 unspecified atom stereocenters. The number of benzene rings is 3. The van der Waals surface area contributed by atoms with Gasteiger partial charge in [-0.3, -0.25) is 4.79 Å². The molecule has 5 rings (SSSR count). The summed E-state index contributed by atoms with van der Waals surface area (Å²) >= 11 is 1.36. The van der Waals surface area contributed by atoms with E-state index in [0.717, 1.165) is 11.3 Å². The fourth-order valence-electron chi connectivity index (χ4n) is 3.97. The highest BCUT2D eigenvalue weighted by Crippen LogP contribution is 2.34. The van der Waals surface area contributed by atoms with E-state index in [1.165, 1.54) is 22.5 Å². The Bertz CT molecular complexity index is 1390. The molecule has 180 valence electrons. The number of fused-ring (bicyclic) bond motifs is 2. The number of nitrogens with zero attached hydrogens (tertiary/aromatic N) is 3. The summed E-state index contributed by atoms with van der Waals surface area (Å²) in [5.74, 6) is 2.70. The SMILES string of the molecule is CCn1c(COc2ccc3ccccc3c2C)nnc1S[C@@H](C)C(=O)Nc1ccc2c(c1)OCO2. The Labute approximate surface area is 207 Å². The van der Waals surface area contributed by atoms with E-state index in [9.17, 15) is 4.79 Å². The number of hydrogen-bond donors (Lipinski definition) is 1. The fraction of sp³-hybridized carbons (Fsp3) is 0.269. The molecule has 1 aliphatic heterocycles. The number of hydrogen-bond acceptors (Lipinski definition) is 7. The summed E-state index contributed by atoms with van der Waals surface area (Å²) in [6.07, 6.45) is 0. The quantitative estimate of drug-likeness (QED) is 0.340. The Hall–Kier alpha value is -3.72. The van der Waals surface area contributed by atoms with Crippen molar-refractivity contribution in [2.45, 2.75) is 44.3 Å². The maximum absolute atomic E-state index is 12.8. The van der Waals surface area contributed by atoms with Gasteiger partial charge in [0, 0.05) is 18.3 Å². The molecule has 35 heavy (non-hydrogen) atoms. The molecular formula is C26H26N4O4S. The first-order valence-electron chi connectivity index (χ1n) is 11.4. The molecule has 9 heteroatoms. The minimum atomic E-state index is -0.383. The van der Waals surface area contributed by atoms with Gasteiger partial charge in [0.15, 0.2) is 22.5 Å². The molecule has 3 aromatic carbocycles. The molecule has 0 spiro atoms. The summed E-state index contributed by atoms with van der Waals surface area (Å²) < 4.78 is 18.8. The Morgan fingerprint density at radius 2 is 1.97 bits per heavy atom. The second-order valence-electron chi connectivity index (χ2n) is 8.16. The van der Waals surface area contributed by atoms with Crippen LogP contribution in [0.25, 0.3) is 10.8 Å². The van der Waals surface area contributed by atoms with Crippen molar-refractivity contribution in [3.05, 3.63) is 66.0 Å². The summed E-state index contributed by atoms with van der Waals surface area (Å²) in [6, 6.07) is 17.6. The molecule has 0 radical (unpaired) electrons. The lowest BCUT2D eigenvalue weighted by Crippen LogP contribution is -2.23. The average Bonchev–Trinajstić information content (AvgIpc) is 3.49. The first kappa shape index (κ1) is 23.0. The monoisotopic (exact) mass is 490 g/mol. The maximum Gasteiger partial charge on any atom is 0.237 e. The maximum atomic E-state index is 12.8. The number of amides is 1. The third kappa shape index (κ3) is 4.77. The van der Waals surface area contributed by atoms with Gasteiger partial charge in [0.25, 0.3) is 0 Å². The zero-order chi connectivity index (χ0) is 24.4. The van der Waals surface area contributed by atoms with Crippen LogP contribution in [-0.4, -0.2) is 32.7 Å². The highest BCUT2D eigenvalue weighted by Gasteiger charge is 2.21. The Kier molecular flexibility index (Phi) is 6.50. The van der Waals surface area contributed by atoms with Crippen LogP contribution < -0.4 is 19.5 Å². The first-order valence-corrected chi connectivity index (χ1v) is 12.3. The molecule has 0 fully saturated rings. The second-order valence-corrected chi connectivity index (χ2v) is 9.47. The number of carbonyl (C=O) groups excluding carboxylic acids is 1. The van der Waals surface area contributed by atoms with Gasteiger partial charge in [-0.2, -0.15) is 0 Å². The van der Waals surface area contributed by atoms with E-state index in [1.807, 2.05) is 36.6 Å². The minimum Gasteiger partial charge on any atom is -0.485 e. The third-order valence-electron chi connectivity index (χ3n) is 5.91. The van der Waals surface area contributed by atoms with Gasteiger partial charge in [0.1, 0.15) is 12.4 Å². The van der Waals surface area contributed by atoms with Crippen LogP contribution in [0.5, 0.6) is 17.2 Å². The van der Waals surface area contributed by atoms with Crippen LogP contribution in [0.3, 0.4) is 0 Å². The number of thioether (sulfide) groups is 1. The van der Waals surface area contributed by atoms with Crippen LogP contribution in [0.1, 0.15) is 25.2 Å². The van der Waals surface area contributed by atoms with Crippen molar-refractivity contribution >= 4 is 34.1 Å².